The molecule has 6 nitrogen and oxygen atoms in total. The van der Waals surface area contributed by atoms with E-state index in [1.807, 2.05) is 25.3 Å². The van der Waals surface area contributed by atoms with E-state index in [2.05, 4.69) is 20.5 Å². The first-order chi connectivity index (χ1) is 11.7. The molecule has 0 bridgehead atoms. The molecule has 1 aliphatic heterocycles. The molecule has 24 heavy (non-hydrogen) atoms. The molecule has 1 saturated heterocycles. The van der Waals surface area contributed by atoms with Crippen LogP contribution in [0.3, 0.4) is 0 Å². The summed E-state index contributed by atoms with van der Waals surface area (Å²) in [6.45, 7) is 3.22. The lowest BCUT2D eigenvalue weighted by Crippen LogP contribution is -2.31. The van der Waals surface area contributed by atoms with Gasteiger partial charge in [0.2, 0.25) is 0 Å². The molecule has 0 unspecified atom stereocenters. The van der Waals surface area contributed by atoms with Gasteiger partial charge in [-0.1, -0.05) is 0 Å². The Morgan fingerprint density at radius 3 is 2.96 bits per heavy atom. The summed E-state index contributed by atoms with van der Waals surface area (Å²) in [4.78, 5) is 17.1. The van der Waals surface area contributed by atoms with Gasteiger partial charge in [-0.25, -0.2) is 0 Å². The minimum Gasteiger partial charge on any atom is -0.373 e. The lowest BCUT2D eigenvalue weighted by Gasteiger charge is -2.18. The molecule has 0 radical (unpaired) electrons. The smallest absolute Gasteiger partial charge is 0.253 e. The molecule has 6 heteroatoms. The lowest BCUT2D eigenvalue weighted by atomic mass is 9.97. The second kappa shape index (κ2) is 6.36. The number of hydrogen-bond acceptors (Lipinski definition) is 4. The topological polar surface area (TPSA) is 79.9 Å². The number of H-pyrrole nitrogens is 1. The van der Waals surface area contributed by atoms with Gasteiger partial charge in [-0.3, -0.25) is 14.9 Å². The van der Waals surface area contributed by atoms with Crippen LogP contribution in [0.2, 0.25) is 0 Å². The van der Waals surface area contributed by atoms with Crippen molar-refractivity contribution in [3.63, 3.8) is 0 Å². The van der Waals surface area contributed by atoms with Crippen LogP contribution < -0.4 is 5.32 Å². The van der Waals surface area contributed by atoms with Crippen molar-refractivity contribution in [3.05, 3.63) is 47.0 Å². The highest BCUT2D eigenvalue weighted by Crippen LogP contribution is 2.39. The maximum Gasteiger partial charge on any atom is 0.253 e. The zero-order valence-electron chi connectivity index (χ0n) is 13.8. The predicted molar refractivity (Wildman–Crippen MR) is 88.7 cm³/mol. The minimum absolute atomic E-state index is 0.000476. The highest BCUT2D eigenvalue weighted by Gasteiger charge is 2.31. The maximum absolute atomic E-state index is 12.5. The van der Waals surface area contributed by atoms with Crippen LogP contribution in [0.15, 0.2) is 24.5 Å². The van der Waals surface area contributed by atoms with Crippen LogP contribution in [-0.2, 0) is 4.74 Å². The molecule has 1 amide bonds. The molecule has 2 N–H and O–H groups in total. The number of hydrogen-bond donors (Lipinski definition) is 2. The SMILES string of the molecule is Cc1nc(C2CC2)ccc1C(=O)NC[C@H]1CCO[C@@H]1c1cn[nH]c1. The standard InChI is InChI=1S/C18H22N4O2/c1-11-15(4-5-16(22-11)12-2-3-12)18(23)19-8-13-6-7-24-17(13)14-9-20-21-10-14/h4-5,9-10,12-13,17H,2-3,6-8H2,1H3,(H,19,23)(H,20,21)/t13-,17+/m1/s1. The molecular formula is C18H22N4O2. The summed E-state index contributed by atoms with van der Waals surface area (Å²) in [5.74, 6) is 0.818. The maximum atomic E-state index is 12.5. The van der Waals surface area contributed by atoms with Crippen LogP contribution >= 0.6 is 0 Å². The van der Waals surface area contributed by atoms with Crippen molar-refractivity contribution in [1.82, 2.24) is 20.5 Å². The molecule has 1 aliphatic carbocycles. The molecular weight excluding hydrogens is 304 g/mol. The van der Waals surface area contributed by atoms with Crippen LogP contribution in [0.4, 0.5) is 0 Å². The van der Waals surface area contributed by atoms with E-state index in [1.54, 1.807) is 6.20 Å². The van der Waals surface area contributed by atoms with Crippen LogP contribution in [-0.4, -0.2) is 34.2 Å². The Morgan fingerprint density at radius 1 is 1.38 bits per heavy atom. The van der Waals surface area contributed by atoms with Crippen LogP contribution in [0, 0.1) is 12.8 Å². The van der Waals surface area contributed by atoms with Gasteiger partial charge in [0.15, 0.2) is 0 Å². The number of ether oxygens (including phenoxy) is 1. The predicted octanol–water partition coefficient (Wildman–Crippen LogP) is 2.50. The molecule has 2 fully saturated rings. The van der Waals surface area contributed by atoms with Crippen molar-refractivity contribution in [1.29, 1.82) is 0 Å². The Morgan fingerprint density at radius 2 is 2.25 bits per heavy atom. The summed E-state index contributed by atoms with van der Waals surface area (Å²) in [7, 11) is 0. The molecule has 0 aromatic carbocycles. The Kier molecular flexibility index (Phi) is 4.06. The number of aromatic nitrogens is 3. The van der Waals surface area contributed by atoms with Gasteiger partial charge in [-0.05, 0) is 38.3 Å². The molecule has 2 aromatic rings. The van der Waals surface area contributed by atoms with Gasteiger partial charge < -0.3 is 10.1 Å². The molecule has 2 aliphatic rings. The summed E-state index contributed by atoms with van der Waals surface area (Å²) in [6, 6.07) is 3.90. The average Bonchev–Trinajstić information content (AvgIpc) is 3.09. The number of rotatable bonds is 5. The van der Waals surface area contributed by atoms with Gasteiger partial charge in [0, 0.05) is 42.4 Å². The molecule has 3 heterocycles. The van der Waals surface area contributed by atoms with E-state index < -0.39 is 0 Å². The number of carbonyl (C=O) groups excluding carboxylic acids is 1. The second-order valence-corrected chi connectivity index (χ2v) is 6.73. The van der Waals surface area contributed by atoms with Crippen LogP contribution in [0.25, 0.3) is 0 Å². The Balaban J connectivity index is 1.39. The summed E-state index contributed by atoms with van der Waals surface area (Å²) in [6.07, 6.45) is 7.02. The second-order valence-electron chi connectivity index (χ2n) is 6.73. The fraction of sp³-hybridized carbons (Fsp3) is 0.500. The first kappa shape index (κ1) is 15.3. The van der Waals surface area contributed by atoms with Crippen LogP contribution in [0.5, 0.6) is 0 Å². The first-order valence-corrected chi connectivity index (χ1v) is 8.58. The van der Waals surface area contributed by atoms with E-state index in [-0.39, 0.29) is 17.9 Å². The zero-order chi connectivity index (χ0) is 16.5. The monoisotopic (exact) mass is 326 g/mol. The Hall–Kier alpha value is -2.21. The number of carbonyl (C=O) groups is 1. The van der Waals surface area contributed by atoms with Gasteiger partial charge in [0.25, 0.3) is 5.91 Å². The van der Waals surface area contributed by atoms with E-state index in [0.717, 1.165) is 23.4 Å². The Bertz CT molecular complexity index is 725. The number of amides is 1. The van der Waals surface area contributed by atoms with Crippen LogP contribution in [0.1, 0.15) is 58.6 Å². The molecule has 126 valence electrons. The van der Waals surface area contributed by atoms with Crippen molar-refractivity contribution in [2.24, 2.45) is 5.92 Å². The summed E-state index contributed by atoms with van der Waals surface area (Å²) < 4.78 is 5.80. The highest BCUT2D eigenvalue weighted by molar-refractivity contribution is 5.95. The number of aromatic amines is 1. The number of aryl methyl sites for hydroxylation is 1. The van der Waals surface area contributed by atoms with Crippen molar-refractivity contribution >= 4 is 5.91 Å². The van der Waals surface area contributed by atoms with E-state index in [0.29, 0.717) is 24.6 Å². The van der Waals surface area contributed by atoms with E-state index in [9.17, 15) is 4.79 Å². The van der Waals surface area contributed by atoms with Crippen molar-refractivity contribution in [2.45, 2.75) is 38.2 Å². The van der Waals surface area contributed by atoms with Gasteiger partial charge in [-0.15, -0.1) is 0 Å². The lowest BCUT2D eigenvalue weighted by molar-refractivity contribution is 0.0846. The number of nitrogens with zero attached hydrogens (tertiary/aromatic N) is 2. The van der Waals surface area contributed by atoms with Crippen molar-refractivity contribution in [3.8, 4) is 0 Å². The van der Waals surface area contributed by atoms with E-state index >= 15 is 0 Å². The highest BCUT2D eigenvalue weighted by atomic mass is 16.5. The molecule has 1 saturated carbocycles. The third kappa shape index (κ3) is 3.06. The van der Waals surface area contributed by atoms with Gasteiger partial charge in [0.1, 0.15) is 0 Å². The number of pyridine rings is 1. The normalized spacial score (nSPS) is 23.4. The molecule has 0 spiro atoms. The Labute approximate surface area is 141 Å². The first-order valence-electron chi connectivity index (χ1n) is 8.58. The third-order valence-electron chi connectivity index (χ3n) is 4.93. The van der Waals surface area contributed by atoms with Gasteiger partial charge in [-0.2, -0.15) is 5.10 Å². The minimum atomic E-state index is -0.0554. The average molecular weight is 326 g/mol. The molecule has 2 atom stereocenters. The summed E-state index contributed by atoms with van der Waals surface area (Å²) in [5.41, 5.74) is 3.63. The van der Waals surface area contributed by atoms with Crippen molar-refractivity contribution < 1.29 is 9.53 Å². The van der Waals surface area contributed by atoms with Crippen molar-refractivity contribution in [2.75, 3.05) is 13.2 Å². The summed E-state index contributed by atoms with van der Waals surface area (Å²) in [5, 5.41) is 9.85. The van der Waals surface area contributed by atoms with E-state index in [4.69, 9.17) is 4.74 Å². The molecule has 4 rings (SSSR count). The largest absolute Gasteiger partial charge is 0.373 e. The quantitative estimate of drug-likeness (QED) is 0.885. The fourth-order valence-corrected chi connectivity index (χ4v) is 3.37. The molecule has 2 aromatic heterocycles. The fourth-order valence-electron chi connectivity index (χ4n) is 3.37. The number of nitrogens with one attached hydrogen (secondary N) is 2. The summed E-state index contributed by atoms with van der Waals surface area (Å²) >= 11 is 0. The van der Waals surface area contributed by atoms with Gasteiger partial charge in [0.05, 0.1) is 23.6 Å². The van der Waals surface area contributed by atoms with E-state index in [1.165, 1.54) is 12.8 Å². The third-order valence-corrected chi connectivity index (χ3v) is 4.93. The zero-order valence-corrected chi connectivity index (χ0v) is 13.8. The van der Waals surface area contributed by atoms with Gasteiger partial charge >= 0.3 is 0 Å².